The fourth-order valence-corrected chi connectivity index (χ4v) is 3.81. The minimum absolute atomic E-state index is 0.0390. The molecular weight excluding hydrogens is 371 g/mol. The first kappa shape index (κ1) is 17.3. The second kappa shape index (κ2) is 6.67. The van der Waals surface area contributed by atoms with Crippen LogP contribution >= 0.6 is 0 Å². The van der Waals surface area contributed by atoms with Crippen molar-refractivity contribution in [3.8, 4) is 0 Å². The van der Waals surface area contributed by atoms with Gasteiger partial charge in [0.15, 0.2) is 5.43 Å². The van der Waals surface area contributed by atoms with Crippen molar-refractivity contribution in [2.75, 3.05) is 0 Å². The Labute approximate surface area is 165 Å². The molecule has 5 rings (SSSR count). The van der Waals surface area contributed by atoms with Gasteiger partial charge in [-0.05, 0) is 47.5 Å². The number of nitrogens with zero attached hydrogens (tertiary/aromatic N) is 2. The highest BCUT2D eigenvalue weighted by molar-refractivity contribution is 5.99. The highest BCUT2D eigenvalue weighted by Gasteiger charge is 2.42. The van der Waals surface area contributed by atoms with E-state index in [4.69, 9.17) is 4.42 Å². The van der Waals surface area contributed by atoms with Gasteiger partial charge in [0, 0.05) is 18.9 Å². The molecule has 0 aliphatic carbocycles. The van der Waals surface area contributed by atoms with Crippen molar-refractivity contribution in [2.24, 2.45) is 0 Å². The molecule has 1 unspecified atom stereocenters. The van der Waals surface area contributed by atoms with Crippen LogP contribution < -0.4 is 5.43 Å². The number of hydrogen-bond donors (Lipinski definition) is 0. The molecule has 4 aromatic rings. The summed E-state index contributed by atoms with van der Waals surface area (Å²) in [5.41, 5.74) is 1.92. The molecule has 0 N–H and O–H groups in total. The number of halogens is 1. The predicted octanol–water partition coefficient (Wildman–Crippen LogP) is 4.07. The summed E-state index contributed by atoms with van der Waals surface area (Å²) in [6.07, 6.45) is 3.29. The van der Waals surface area contributed by atoms with Gasteiger partial charge in [-0.1, -0.05) is 24.3 Å². The van der Waals surface area contributed by atoms with Crippen molar-refractivity contribution >= 4 is 16.9 Å². The third-order valence-electron chi connectivity index (χ3n) is 5.16. The van der Waals surface area contributed by atoms with Crippen molar-refractivity contribution in [2.45, 2.75) is 12.6 Å². The van der Waals surface area contributed by atoms with Crippen molar-refractivity contribution in [3.63, 3.8) is 0 Å². The summed E-state index contributed by atoms with van der Waals surface area (Å²) in [7, 11) is 0. The van der Waals surface area contributed by atoms with Gasteiger partial charge >= 0.3 is 0 Å². The average molecular weight is 386 g/mol. The number of fused-ring (bicyclic) bond motifs is 2. The minimum atomic E-state index is -0.660. The zero-order chi connectivity index (χ0) is 20.0. The van der Waals surface area contributed by atoms with E-state index >= 15 is 0 Å². The molecular formula is C23H15FN2O3. The molecule has 0 saturated heterocycles. The number of carbonyl (C=O) groups is 1. The Morgan fingerprint density at radius 2 is 1.69 bits per heavy atom. The van der Waals surface area contributed by atoms with Crippen LogP contribution in [0.5, 0.6) is 0 Å². The number of aromatic nitrogens is 1. The molecule has 0 bridgehead atoms. The number of rotatable bonds is 3. The van der Waals surface area contributed by atoms with Gasteiger partial charge in [0.2, 0.25) is 5.76 Å². The quantitative estimate of drug-likeness (QED) is 0.532. The van der Waals surface area contributed by atoms with E-state index in [-0.39, 0.29) is 35.0 Å². The van der Waals surface area contributed by atoms with E-state index < -0.39 is 6.04 Å². The van der Waals surface area contributed by atoms with Crippen LogP contribution in [-0.2, 0) is 6.54 Å². The van der Waals surface area contributed by atoms with E-state index in [2.05, 4.69) is 4.98 Å². The smallest absolute Gasteiger partial charge is 0.291 e. The Morgan fingerprint density at radius 1 is 0.966 bits per heavy atom. The van der Waals surface area contributed by atoms with Gasteiger partial charge in [-0.15, -0.1) is 0 Å². The fraction of sp³-hybridized carbons (Fsp3) is 0.0870. The number of hydrogen-bond acceptors (Lipinski definition) is 4. The van der Waals surface area contributed by atoms with Gasteiger partial charge < -0.3 is 9.32 Å². The maximum Gasteiger partial charge on any atom is 0.291 e. The summed E-state index contributed by atoms with van der Waals surface area (Å²) in [5.74, 6) is -0.712. The Balaban J connectivity index is 1.73. The van der Waals surface area contributed by atoms with Crippen LogP contribution in [0, 0.1) is 5.82 Å². The van der Waals surface area contributed by atoms with Gasteiger partial charge in [0.05, 0.1) is 17.0 Å². The summed E-state index contributed by atoms with van der Waals surface area (Å²) in [5, 5.41) is 0.414. The number of para-hydroxylation sites is 1. The lowest BCUT2D eigenvalue weighted by Crippen LogP contribution is -2.29. The molecule has 5 nitrogen and oxygen atoms in total. The third-order valence-corrected chi connectivity index (χ3v) is 5.16. The molecule has 0 fully saturated rings. The first-order valence-electron chi connectivity index (χ1n) is 9.14. The molecule has 0 saturated carbocycles. The number of benzene rings is 2. The Kier molecular flexibility index (Phi) is 3.98. The molecule has 29 heavy (non-hydrogen) atoms. The zero-order valence-corrected chi connectivity index (χ0v) is 15.2. The van der Waals surface area contributed by atoms with Crippen molar-refractivity contribution in [1.82, 2.24) is 9.88 Å². The van der Waals surface area contributed by atoms with Crippen LogP contribution in [0.3, 0.4) is 0 Å². The molecule has 1 amide bonds. The molecule has 2 aromatic carbocycles. The first-order chi connectivity index (χ1) is 14.1. The van der Waals surface area contributed by atoms with Gasteiger partial charge in [-0.25, -0.2) is 4.39 Å². The molecule has 2 aromatic heterocycles. The second-order valence-corrected chi connectivity index (χ2v) is 6.91. The van der Waals surface area contributed by atoms with Gasteiger partial charge in [0.25, 0.3) is 5.91 Å². The minimum Gasteiger partial charge on any atom is -0.450 e. The first-order valence-corrected chi connectivity index (χ1v) is 9.14. The van der Waals surface area contributed by atoms with E-state index in [1.54, 1.807) is 53.7 Å². The number of carbonyl (C=O) groups excluding carboxylic acids is 1. The third kappa shape index (κ3) is 2.81. The Morgan fingerprint density at radius 3 is 2.45 bits per heavy atom. The van der Waals surface area contributed by atoms with Crippen molar-refractivity contribution in [1.29, 1.82) is 0 Å². The molecule has 0 spiro atoms. The van der Waals surface area contributed by atoms with Crippen LogP contribution in [0.1, 0.15) is 33.3 Å². The van der Waals surface area contributed by atoms with Crippen LogP contribution in [0.15, 0.2) is 82.3 Å². The molecule has 6 heteroatoms. The summed E-state index contributed by atoms with van der Waals surface area (Å²) >= 11 is 0. The van der Waals surface area contributed by atoms with Gasteiger partial charge in [-0.2, -0.15) is 0 Å². The number of pyridine rings is 1. The normalized spacial score (nSPS) is 15.7. The lowest BCUT2D eigenvalue weighted by molar-refractivity contribution is 0.0714. The Hall–Kier alpha value is -3.80. The SMILES string of the molecule is O=C1c2oc3ccccc3c(=O)c2C(c2ccc(F)cc2)N1Cc1ccncc1. The highest BCUT2D eigenvalue weighted by atomic mass is 19.1. The van der Waals surface area contributed by atoms with Gasteiger partial charge in [0.1, 0.15) is 11.4 Å². The van der Waals surface area contributed by atoms with Crippen molar-refractivity contribution in [3.05, 3.63) is 112 Å². The molecule has 1 atom stereocenters. The maximum atomic E-state index is 13.5. The van der Waals surface area contributed by atoms with Crippen molar-refractivity contribution < 1.29 is 13.6 Å². The maximum absolute atomic E-state index is 13.5. The summed E-state index contributed by atoms with van der Waals surface area (Å²) in [4.78, 5) is 32.1. The molecule has 3 heterocycles. The lowest BCUT2D eigenvalue weighted by atomic mass is 9.98. The van der Waals surface area contributed by atoms with Crippen LogP contribution in [-0.4, -0.2) is 15.8 Å². The van der Waals surface area contributed by atoms with Crippen LogP contribution in [0.25, 0.3) is 11.0 Å². The Bertz CT molecular complexity index is 1280. The summed E-state index contributed by atoms with van der Waals surface area (Å²) < 4.78 is 19.4. The molecule has 0 radical (unpaired) electrons. The van der Waals surface area contributed by atoms with Gasteiger partial charge in [-0.3, -0.25) is 14.6 Å². The topological polar surface area (TPSA) is 63.4 Å². The predicted molar refractivity (Wildman–Crippen MR) is 105 cm³/mol. The summed E-state index contributed by atoms with van der Waals surface area (Å²) in [6.45, 7) is 0.267. The largest absolute Gasteiger partial charge is 0.450 e. The average Bonchev–Trinajstić information content (AvgIpc) is 3.02. The summed E-state index contributed by atoms with van der Waals surface area (Å²) in [6, 6.07) is 15.7. The van der Waals surface area contributed by atoms with E-state index in [9.17, 15) is 14.0 Å². The van der Waals surface area contributed by atoms with E-state index in [1.165, 1.54) is 12.1 Å². The second-order valence-electron chi connectivity index (χ2n) is 6.91. The molecule has 1 aliphatic heterocycles. The molecule has 142 valence electrons. The van der Waals surface area contributed by atoms with E-state index in [0.29, 0.717) is 16.5 Å². The fourth-order valence-electron chi connectivity index (χ4n) is 3.81. The highest BCUT2D eigenvalue weighted by Crippen LogP contribution is 2.39. The van der Waals surface area contributed by atoms with E-state index in [1.807, 2.05) is 12.1 Å². The molecule has 1 aliphatic rings. The number of amides is 1. The zero-order valence-electron chi connectivity index (χ0n) is 15.2. The lowest BCUT2D eigenvalue weighted by Gasteiger charge is -2.25. The van der Waals surface area contributed by atoms with Crippen LogP contribution in [0.4, 0.5) is 4.39 Å². The van der Waals surface area contributed by atoms with Crippen LogP contribution in [0.2, 0.25) is 0 Å². The van der Waals surface area contributed by atoms with E-state index in [0.717, 1.165) is 5.56 Å². The monoisotopic (exact) mass is 386 g/mol. The standard InChI is InChI=1S/C23H15FN2O3/c24-16-7-5-15(6-8-16)20-19-21(27)17-3-1-2-4-18(17)29-22(19)23(28)26(20)13-14-9-11-25-12-10-14/h1-12,20H,13H2.